The number of aromatic nitrogens is 2. The Bertz CT molecular complexity index is 1160. The number of halogens is 1. The number of fused-ring (bicyclic) bond motifs is 1. The maximum atomic E-state index is 13.8. The predicted molar refractivity (Wildman–Crippen MR) is 148 cm³/mol. The highest BCUT2D eigenvalue weighted by atomic mass is 19.1. The largest absolute Gasteiger partial charge is 0.379 e. The Morgan fingerprint density at radius 2 is 1.93 bits per heavy atom. The minimum Gasteiger partial charge on any atom is -0.379 e. The average molecular weight is 557 g/mol. The van der Waals surface area contributed by atoms with Crippen LogP contribution in [0.1, 0.15) is 55.0 Å². The van der Waals surface area contributed by atoms with Gasteiger partial charge in [0.1, 0.15) is 23.4 Å². The monoisotopic (exact) mass is 556 g/mol. The number of hydrogen-bond donors (Lipinski definition) is 2. The van der Waals surface area contributed by atoms with E-state index in [1.54, 1.807) is 42.8 Å². The molecule has 10 nitrogen and oxygen atoms in total. The zero-order chi connectivity index (χ0) is 28.8. The summed E-state index contributed by atoms with van der Waals surface area (Å²) < 4.78 is 20.9. The first kappa shape index (κ1) is 29.7. The van der Waals surface area contributed by atoms with E-state index < -0.39 is 18.2 Å². The van der Waals surface area contributed by atoms with Gasteiger partial charge in [-0.1, -0.05) is 12.1 Å². The van der Waals surface area contributed by atoms with Crippen molar-refractivity contribution in [2.75, 3.05) is 33.8 Å². The van der Waals surface area contributed by atoms with Crippen LogP contribution in [0.15, 0.2) is 30.5 Å². The number of carbonyl (C=O) groups excluding carboxylic acids is 3. The van der Waals surface area contributed by atoms with Crippen molar-refractivity contribution in [2.24, 2.45) is 0 Å². The van der Waals surface area contributed by atoms with Gasteiger partial charge in [-0.3, -0.25) is 14.4 Å². The van der Waals surface area contributed by atoms with Crippen LogP contribution in [0.5, 0.6) is 0 Å². The van der Waals surface area contributed by atoms with E-state index in [0.29, 0.717) is 31.7 Å². The predicted octanol–water partition coefficient (Wildman–Crippen LogP) is 1.77. The lowest BCUT2D eigenvalue weighted by Crippen LogP contribution is -2.58. The maximum absolute atomic E-state index is 13.8. The molecule has 1 aromatic carbocycles. The molecule has 1 fully saturated rings. The average Bonchev–Trinajstić information content (AvgIpc) is 3.70. The summed E-state index contributed by atoms with van der Waals surface area (Å²) in [6.07, 6.45) is 5.24. The number of hydrogen-bond acceptors (Lipinski definition) is 6. The highest BCUT2D eigenvalue weighted by molar-refractivity contribution is 5.93. The van der Waals surface area contributed by atoms with Crippen molar-refractivity contribution in [1.82, 2.24) is 30.0 Å². The number of likely N-dealkylation sites (tertiary alicyclic amines) is 1. The molecule has 0 aliphatic carbocycles. The molecule has 4 rings (SSSR count). The van der Waals surface area contributed by atoms with E-state index in [1.165, 1.54) is 19.2 Å². The fourth-order valence-corrected chi connectivity index (χ4v) is 5.38. The summed E-state index contributed by atoms with van der Waals surface area (Å²) in [5.74, 6) is -0.0751. The molecule has 2 aliphatic heterocycles. The molecule has 0 bridgehead atoms. The second-order valence-corrected chi connectivity index (χ2v) is 10.7. The fraction of sp³-hybridized carbons (Fsp3) is 0.586. The van der Waals surface area contributed by atoms with Gasteiger partial charge in [0.15, 0.2) is 0 Å². The zero-order valence-corrected chi connectivity index (χ0v) is 23.9. The smallest absolute Gasteiger partial charge is 0.274 e. The van der Waals surface area contributed by atoms with E-state index in [9.17, 15) is 18.8 Å². The lowest BCUT2D eigenvalue weighted by atomic mass is 10.1. The summed E-state index contributed by atoms with van der Waals surface area (Å²) in [6, 6.07) is 4.74. The molecular weight excluding hydrogens is 515 g/mol. The van der Waals surface area contributed by atoms with Gasteiger partial charge in [-0.15, -0.1) is 0 Å². The molecule has 2 aromatic rings. The standard InChI is InChI=1S/C29H41FN6O4/c1-19(31-3)27(37)33-26(20(2)40-4)29(39)36-15-5-7-23(36)17-35(16-13-21-9-11-22(30)12-10-21)28(38)24-18-34-14-6-8-25(34)32-24/h9-12,18-20,23,26,31H,5-8,13-17H2,1-4H3,(H,33,37)/t19-,20+,23-,26-/m0/s1. The summed E-state index contributed by atoms with van der Waals surface area (Å²) in [5.41, 5.74) is 1.32. The summed E-state index contributed by atoms with van der Waals surface area (Å²) in [6.45, 7) is 5.61. The number of methoxy groups -OCH3 is 1. The van der Waals surface area contributed by atoms with Gasteiger partial charge in [0, 0.05) is 51.9 Å². The molecule has 3 amide bonds. The zero-order valence-electron chi connectivity index (χ0n) is 23.9. The van der Waals surface area contributed by atoms with Gasteiger partial charge in [-0.25, -0.2) is 9.37 Å². The highest BCUT2D eigenvalue weighted by Crippen LogP contribution is 2.23. The third-order valence-electron chi connectivity index (χ3n) is 8.07. The number of carbonyl (C=O) groups is 3. The minimum absolute atomic E-state index is 0.179. The summed E-state index contributed by atoms with van der Waals surface area (Å²) in [5, 5.41) is 5.74. The number of nitrogens with one attached hydrogen (secondary N) is 2. The van der Waals surface area contributed by atoms with Crippen molar-refractivity contribution in [3.05, 3.63) is 53.4 Å². The number of aryl methyl sites for hydroxylation is 2. The van der Waals surface area contributed by atoms with Gasteiger partial charge in [-0.2, -0.15) is 0 Å². The lowest BCUT2D eigenvalue weighted by Gasteiger charge is -2.34. The molecule has 0 unspecified atom stereocenters. The Morgan fingerprint density at radius 3 is 2.60 bits per heavy atom. The summed E-state index contributed by atoms with van der Waals surface area (Å²) in [4.78, 5) is 48.3. The Balaban J connectivity index is 1.52. The van der Waals surface area contributed by atoms with E-state index in [4.69, 9.17) is 4.74 Å². The first-order chi connectivity index (χ1) is 19.2. The van der Waals surface area contributed by atoms with Crippen LogP contribution in [-0.4, -0.2) is 95.1 Å². The highest BCUT2D eigenvalue weighted by Gasteiger charge is 2.38. The summed E-state index contributed by atoms with van der Waals surface area (Å²) >= 11 is 0. The van der Waals surface area contributed by atoms with Gasteiger partial charge >= 0.3 is 0 Å². The first-order valence-corrected chi connectivity index (χ1v) is 14.1. The number of benzene rings is 1. The van der Waals surface area contributed by atoms with Crippen LogP contribution in [0.2, 0.25) is 0 Å². The van der Waals surface area contributed by atoms with Crippen molar-refractivity contribution < 1.29 is 23.5 Å². The van der Waals surface area contributed by atoms with E-state index in [1.807, 2.05) is 10.8 Å². The van der Waals surface area contributed by atoms with Crippen LogP contribution < -0.4 is 10.6 Å². The third kappa shape index (κ3) is 6.87. The third-order valence-corrected chi connectivity index (χ3v) is 8.07. The van der Waals surface area contributed by atoms with Gasteiger partial charge in [0.05, 0.1) is 12.1 Å². The number of amides is 3. The molecule has 40 heavy (non-hydrogen) atoms. The maximum Gasteiger partial charge on any atom is 0.274 e. The van der Waals surface area contributed by atoms with E-state index in [2.05, 4.69) is 15.6 Å². The molecular formula is C29H41FN6O4. The number of imidazole rings is 1. The molecule has 218 valence electrons. The summed E-state index contributed by atoms with van der Waals surface area (Å²) in [7, 11) is 3.20. The van der Waals surface area contributed by atoms with Crippen LogP contribution in [0.25, 0.3) is 0 Å². The second-order valence-electron chi connectivity index (χ2n) is 10.7. The molecule has 11 heteroatoms. The van der Waals surface area contributed by atoms with Crippen molar-refractivity contribution in [2.45, 2.75) is 76.7 Å². The fourth-order valence-electron chi connectivity index (χ4n) is 5.38. The van der Waals surface area contributed by atoms with Gasteiger partial charge in [0.2, 0.25) is 11.8 Å². The van der Waals surface area contributed by atoms with Crippen molar-refractivity contribution in [3.8, 4) is 0 Å². The van der Waals surface area contributed by atoms with Crippen molar-refractivity contribution in [3.63, 3.8) is 0 Å². The van der Waals surface area contributed by atoms with Crippen LogP contribution in [0, 0.1) is 5.82 Å². The quantitative estimate of drug-likeness (QED) is 0.413. The van der Waals surface area contributed by atoms with Crippen molar-refractivity contribution >= 4 is 17.7 Å². The van der Waals surface area contributed by atoms with Crippen LogP contribution in [-0.2, 0) is 33.7 Å². The molecule has 0 radical (unpaired) electrons. The van der Waals surface area contributed by atoms with Crippen LogP contribution in [0.4, 0.5) is 4.39 Å². The normalized spacial score (nSPS) is 18.7. The Morgan fingerprint density at radius 1 is 1.18 bits per heavy atom. The Hall–Kier alpha value is -3.31. The molecule has 4 atom stereocenters. The van der Waals surface area contributed by atoms with Gasteiger partial charge in [-0.05, 0) is 64.3 Å². The molecule has 1 saturated heterocycles. The molecule has 3 heterocycles. The van der Waals surface area contributed by atoms with Crippen molar-refractivity contribution in [1.29, 1.82) is 0 Å². The topological polar surface area (TPSA) is 109 Å². The van der Waals surface area contributed by atoms with Crippen LogP contribution in [0.3, 0.4) is 0 Å². The van der Waals surface area contributed by atoms with Gasteiger partial charge in [0.25, 0.3) is 5.91 Å². The van der Waals surface area contributed by atoms with E-state index >= 15 is 0 Å². The molecule has 2 aliphatic rings. The second kappa shape index (κ2) is 13.4. The molecule has 0 saturated carbocycles. The van der Waals surface area contributed by atoms with Gasteiger partial charge < -0.3 is 29.7 Å². The number of ether oxygens (including phenoxy) is 1. The van der Waals surface area contributed by atoms with E-state index in [0.717, 1.165) is 43.6 Å². The molecule has 1 aromatic heterocycles. The molecule has 0 spiro atoms. The molecule has 2 N–H and O–H groups in total. The minimum atomic E-state index is -0.853. The Labute approximate surface area is 235 Å². The van der Waals surface area contributed by atoms with E-state index in [-0.39, 0.29) is 29.6 Å². The SMILES string of the molecule is CN[C@@H](C)C(=O)N[C@H](C(=O)N1CCC[C@H]1CN(CCc1ccc(F)cc1)C(=O)c1cn2c(n1)CCC2)[C@@H](C)OC. The Kier molecular flexibility index (Phi) is 9.91. The first-order valence-electron chi connectivity index (χ1n) is 14.1. The number of rotatable bonds is 12. The number of nitrogens with zero attached hydrogens (tertiary/aromatic N) is 4. The lowest BCUT2D eigenvalue weighted by molar-refractivity contribution is -0.141. The number of likely N-dealkylation sites (N-methyl/N-ethyl adjacent to an activating group) is 1. The van der Waals surface area contributed by atoms with Crippen LogP contribution >= 0.6 is 0 Å².